The molecule has 2 aromatic heterocycles. The lowest BCUT2D eigenvalue weighted by atomic mass is 10.2. The Morgan fingerprint density at radius 1 is 1.30 bits per heavy atom. The van der Waals surface area contributed by atoms with Crippen LogP contribution in [0.25, 0.3) is 11.2 Å². The standard InChI is InChI=1S/C15H15BrN6O/c1-21(2)9-17-15-20-12-11(18-14(16)19-12)13(23)22(15)8-10-6-4-3-5-7-10/h3-7,9H,8H2,1-2H3,(H,18,19)/b17-9+. The normalized spacial score (nSPS) is 11.4. The van der Waals surface area contributed by atoms with Crippen LogP contribution in [0.5, 0.6) is 0 Å². The SMILES string of the molecule is CN(C)/C=N/c1nc2nc(Br)[nH]c2c(=O)n1Cc1ccccc1. The van der Waals surface area contributed by atoms with Crippen molar-refractivity contribution in [2.75, 3.05) is 14.1 Å². The molecule has 0 amide bonds. The summed E-state index contributed by atoms with van der Waals surface area (Å²) in [6.45, 7) is 0.388. The van der Waals surface area contributed by atoms with E-state index in [1.807, 2.05) is 44.4 Å². The van der Waals surface area contributed by atoms with Crippen molar-refractivity contribution in [3.63, 3.8) is 0 Å². The highest BCUT2D eigenvalue weighted by Crippen LogP contribution is 2.15. The van der Waals surface area contributed by atoms with Crippen molar-refractivity contribution in [2.45, 2.75) is 6.54 Å². The molecule has 0 saturated heterocycles. The van der Waals surface area contributed by atoms with E-state index in [2.05, 4.69) is 35.9 Å². The third-order valence-corrected chi connectivity index (χ3v) is 3.53. The number of fused-ring (bicyclic) bond motifs is 1. The van der Waals surface area contributed by atoms with Gasteiger partial charge in [0.1, 0.15) is 0 Å². The van der Waals surface area contributed by atoms with Crippen LogP contribution >= 0.6 is 15.9 Å². The zero-order chi connectivity index (χ0) is 16.4. The summed E-state index contributed by atoms with van der Waals surface area (Å²) in [6.07, 6.45) is 1.61. The third-order valence-electron chi connectivity index (χ3n) is 3.15. The lowest BCUT2D eigenvalue weighted by molar-refractivity contribution is 0.640. The minimum absolute atomic E-state index is 0.206. The Hall–Kier alpha value is -2.48. The van der Waals surface area contributed by atoms with Gasteiger partial charge in [-0.05, 0) is 21.5 Å². The molecule has 3 rings (SSSR count). The van der Waals surface area contributed by atoms with Crippen molar-refractivity contribution < 1.29 is 0 Å². The molecule has 0 atom stereocenters. The average Bonchev–Trinajstić information content (AvgIpc) is 2.90. The first kappa shape index (κ1) is 15.4. The van der Waals surface area contributed by atoms with E-state index in [1.165, 1.54) is 4.57 Å². The first-order valence-corrected chi connectivity index (χ1v) is 7.74. The summed E-state index contributed by atoms with van der Waals surface area (Å²) in [4.78, 5) is 30.3. The van der Waals surface area contributed by atoms with E-state index in [0.29, 0.717) is 28.4 Å². The van der Waals surface area contributed by atoms with E-state index in [9.17, 15) is 4.79 Å². The summed E-state index contributed by atoms with van der Waals surface area (Å²) in [5.74, 6) is 0.319. The lowest BCUT2D eigenvalue weighted by Crippen LogP contribution is -2.22. The van der Waals surface area contributed by atoms with Crippen LogP contribution in [0.15, 0.2) is 44.9 Å². The van der Waals surface area contributed by atoms with E-state index >= 15 is 0 Å². The number of benzene rings is 1. The molecule has 8 heteroatoms. The summed E-state index contributed by atoms with van der Waals surface area (Å²) in [5, 5.41) is 0. The molecular weight excluding hydrogens is 360 g/mol. The van der Waals surface area contributed by atoms with E-state index < -0.39 is 0 Å². The average molecular weight is 375 g/mol. The van der Waals surface area contributed by atoms with Crippen LogP contribution in [-0.4, -0.2) is 44.9 Å². The Bertz CT molecular complexity index is 913. The fourth-order valence-corrected chi connectivity index (χ4v) is 2.49. The van der Waals surface area contributed by atoms with Gasteiger partial charge in [-0.1, -0.05) is 30.3 Å². The van der Waals surface area contributed by atoms with Crippen LogP contribution in [0.2, 0.25) is 0 Å². The van der Waals surface area contributed by atoms with Crippen molar-refractivity contribution in [3.8, 4) is 0 Å². The predicted octanol–water partition coefficient (Wildman–Crippen LogP) is 2.15. The maximum Gasteiger partial charge on any atom is 0.281 e. The predicted molar refractivity (Wildman–Crippen MR) is 93.2 cm³/mol. The Labute approximate surface area is 140 Å². The number of nitrogens with one attached hydrogen (secondary N) is 1. The van der Waals surface area contributed by atoms with Gasteiger partial charge in [-0.15, -0.1) is 0 Å². The molecule has 3 aromatic rings. The molecule has 0 aliphatic rings. The number of hydrogen-bond donors (Lipinski definition) is 1. The van der Waals surface area contributed by atoms with Gasteiger partial charge in [0.15, 0.2) is 15.9 Å². The number of aromatic nitrogens is 4. The van der Waals surface area contributed by atoms with Gasteiger partial charge < -0.3 is 9.88 Å². The van der Waals surface area contributed by atoms with Crippen LogP contribution in [-0.2, 0) is 6.54 Å². The second-order valence-corrected chi connectivity index (χ2v) is 5.97. The molecule has 0 fully saturated rings. The Morgan fingerprint density at radius 2 is 2.04 bits per heavy atom. The van der Waals surface area contributed by atoms with Gasteiger partial charge in [0.2, 0.25) is 5.95 Å². The van der Waals surface area contributed by atoms with E-state index in [-0.39, 0.29) is 5.56 Å². The summed E-state index contributed by atoms with van der Waals surface area (Å²) in [5.41, 5.74) is 1.49. The molecule has 0 bridgehead atoms. The number of hydrogen-bond acceptors (Lipinski definition) is 4. The number of aliphatic imine (C=N–C) groups is 1. The van der Waals surface area contributed by atoms with Crippen LogP contribution in [0.3, 0.4) is 0 Å². The number of imidazole rings is 1. The largest absolute Gasteiger partial charge is 0.369 e. The summed E-state index contributed by atoms with van der Waals surface area (Å²) < 4.78 is 2.00. The first-order valence-electron chi connectivity index (χ1n) is 6.95. The summed E-state index contributed by atoms with van der Waals surface area (Å²) >= 11 is 3.24. The molecule has 2 heterocycles. The monoisotopic (exact) mass is 374 g/mol. The zero-order valence-corrected chi connectivity index (χ0v) is 14.3. The van der Waals surface area contributed by atoms with Crippen LogP contribution in [0, 0.1) is 0 Å². The highest BCUT2D eigenvalue weighted by Gasteiger charge is 2.14. The van der Waals surface area contributed by atoms with Gasteiger partial charge in [0.05, 0.1) is 12.9 Å². The Balaban J connectivity index is 2.17. The maximum absolute atomic E-state index is 12.8. The lowest BCUT2D eigenvalue weighted by Gasteiger charge is -2.10. The first-order chi connectivity index (χ1) is 11.0. The molecule has 23 heavy (non-hydrogen) atoms. The molecule has 1 N–H and O–H groups in total. The summed E-state index contributed by atoms with van der Waals surface area (Å²) in [6, 6.07) is 9.71. The Morgan fingerprint density at radius 3 is 2.74 bits per heavy atom. The smallest absolute Gasteiger partial charge is 0.281 e. The fourth-order valence-electron chi connectivity index (χ4n) is 2.12. The fraction of sp³-hybridized carbons (Fsp3) is 0.200. The molecule has 0 saturated carbocycles. The van der Waals surface area contributed by atoms with Crippen molar-refractivity contribution in [3.05, 3.63) is 51.0 Å². The van der Waals surface area contributed by atoms with Gasteiger partial charge in [-0.3, -0.25) is 9.36 Å². The van der Waals surface area contributed by atoms with Crippen molar-refractivity contribution in [1.82, 2.24) is 24.4 Å². The number of nitrogens with zero attached hydrogens (tertiary/aromatic N) is 5. The molecule has 118 valence electrons. The molecule has 0 aliphatic carbocycles. The second-order valence-electron chi connectivity index (χ2n) is 5.22. The van der Waals surface area contributed by atoms with Crippen molar-refractivity contribution in [2.24, 2.45) is 4.99 Å². The quantitative estimate of drug-likeness (QED) is 0.431. The van der Waals surface area contributed by atoms with Gasteiger partial charge >= 0.3 is 0 Å². The summed E-state index contributed by atoms with van der Waals surface area (Å²) in [7, 11) is 3.71. The van der Waals surface area contributed by atoms with Crippen molar-refractivity contribution >= 4 is 39.4 Å². The minimum atomic E-state index is -0.206. The maximum atomic E-state index is 12.8. The molecule has 0 spiro atoms. The molecule has 0 unspecified atom stereocenters. The molecular formula is C15H15BrN6O. The highest BCUT2D eigenvalue weighted by molar-refractivity contribution is 9.10. The number of aromatic amines is 1. The van der Waals surface area contributed by atoms with Crippen LogP contribution < -0.4 is 5.56 Å². The van der Waals surface area contributed by atoms with Crippen LogP contribution in [0.1, 0.15) is 5.56 Å². The van der Waals surface area contributed by atoms with Gasteiger partial charge in [0, 0.05) is 14.1 Å². The molecule has 1 aromatic carbocycles. The minimum Gasteiger partial charge on any atom is -0.369 e. The molecule has 0 aliphatic heterocycles. The van der Waals surface area contributed by atoms with Crippen molar-refractivity contribution in [1.29, 1.82) is 0 Å². The number of halogens is 1. The van der Waals surface area contributed by atoms with E-state index in [4.69, 9.17) is 0 Å². The molecule has 0 radical (unpaired) electrons. The third kappa shape index (κ3) is 3.31. The molecule has 7 nitrogen and oxygen atoms in total. The zero-order valence-electron chi connectivity index (χ0n) is 12.7. The van der Waals surface area contributed by atoms with Crippen LogP contribution in [0.4, 0.5) is 5.95 Å². The topological polar surface area (TPSA) is 79.2 Å². The van der Waals surface area contributed by atoms with Gasteiger partial charge in [-0.2, -0.15) is 4.98 Å². The van der Waals surface area contributed by atoms with Gasteiger partial charge in [-0.25, -0.2) is 9.98 Å². The Kier molecular flexibility index (Phi) is 4.24. The number of H-pyrrole nitrogens is 1. The second kappa shape index (κ2) is 6.33. The highest BCUT2D eigenvalue weighted by atomic mass is 79.9. The van der Waals surface area contributed by atoms with E-state index in [1.54, 1.807) is 11.2 Å². The number of rotatable bonds is 4. The van der Waals surface area contributed by atoms with Gasteiger partial charge in [0.25, 0.3) is 5.56 Å². The van der Waals surface area contributed by atoms with E-state index in [0.717, 1.165) is 5.56 Å².